The van der Waals surface area contributed by atoms with Crippen LogP contribution in [0, 0.1) is 0 Å². The molecule has 0 bridgehead atoms. The normalized spacial score (nSPS) is 11.5. The first-order valence-electron chi connectivity index (χ1n) is 17.1. The number of rotatable bonds is 8. The molecule has 0 amide bonds. The van der Waals surface area contributed by atoms with Crippen molar-refractivity contribution in [1.29, 1.82) is 0 Å². The van der Waals surface area contributed by atoms with Gasteiger partial charge in [0.1, 0.15) is 5.60 Å². The molecule has 0 unspecified atom stereocenters. The zero-order valence-corrected chi connectivity index (χ0v) is 29.5. The van der Waals surface area contributed by atoms with Crippen molar-refractivity contribution in [3.63, 3.8) is 0 Å². The lowest BCUT2D eigenvalue weighted by Crippen LogP contribution is -2.34. The van der Waals surface area contributed by atoms with E-state index in [0.29, 0.717) is 37.2 Å². The number of imidazole rings is 2. The van der Waals surface area contributed by atoms with Gasteiger partial charge in [-0.3, -0.25) is 9.13 Å². The Morgan fingerprint density at radius 3 is 1.60 bits per heavy atom. The SMILES string of the molecule is CC(C)(C)OC(=O)n1c(=O)n(Cc2ccc(Cn3ccnn3)cc2)c2ccccc21.O=c1[nH]c2ccccc2n1Cc1ccc(Cn2ccnn2)cc1. The molecule has 4 aromatic carbocycles. The standard InChI is InChI=1S/C22H23N5O3.C17H15N5O/c1-22(2,3)30-21(29)27-19-7-5-4-6-18(19)26(20(27)28)15-17-10-8-16(9-11-17)14-25-13-12-23-24-25;23-17-19-15-3-1-2-4-16(15)22(17)12-14-7-5-13(6-8-14)11-21-10-9-18-20-21/h4-13H,14-15H2,1-3H3;1-10H,11-12H2,(H,19,23). The van der Waals surface area contributed by atoms with Gasteiger partial charge in [-0.05, 0) is 67.3 Å². The highest BCUT2D eigenvalue weighted by atomic mass is 16.6. The van der Waals surface area contributed by atoms with Gasteiger partial charge in [0.15, 0.2) is 0 Å². The number of aromatic nitrogens is 10. The number of fused-ring (bicyclic) bond motifs is 2. The Bertz CT molecular complexity index is 2570. The number of hydrogen-bond donors (Lipinski definition) is 1. The molecule has 0 aliphatic heterocycles. The van der Waals surface area contributed by atoms with Crippen LogP contribution in [0.1, 0.15) is 43.0 Å². The van der Waals surface area contributed by atoms with Crippen molar-refractivity contribution in [2.75, 3.05) is 0 Å². The quantitative estimate of drug-likeness (QED) is 0.223. The van der Waals surface area contributed by atoms with Crippen molar-refractivity contribution in [2.45, 2.75) is 52.6 Å². The molecule has 4 heterocycles. The molecule has 0 aliphatic rings. The van der Waals surface area contributed by atoms with E-state index in [-0.39, 0.29) is 5.69 Å². The third-order valence-corrected chi connectivity index (χ3v) is 8.45. The van der Waals surface area contributed by atoms with Crippen molar-refractivity contribution >= 4 is 28.2 Å². The van der Waals surface area contributed by atoms with Crippen LogP contribution in [0.2, 0.25) is 0 Å². The van der Waals surface area contributed by atoms with Gasteiger partial charge in [0.05, 0.1) is 60.6 Å². The summed E-state index contributed by atoms with van der Waals surface area (Å²) in [5.41, 5.74) is 6.04. The Hall–Kier alpha value is -6.83. The largest absolute Gasteiger partial charge is 0.443 e. The Morgan fingerprint density at radius 2 is 1.09 bits per heavy atom. The van der Waals surface area contributed by atoms with Crippen molar-refractivity contribution in [3.05, 3.63) is 165 Å². The molecule has 1 N–H and O–H groups in total. The highest BCUT2D eigenvalue weighted by Crippen LogP contribution is 2.18. The molecule has 268 valence electrons. The van der Waals surface area contributed by atoms with Gasteiger partial charge < -0.3 is 9.72 Å². The van der Waals surface area contributed by atoms with E-state index < -0.39 is 17.4 Å². The van der Waals surface area contributed by atoms with Gasteiger partial charge >= 0.3 is 17.5 Å². The van der Waals surface area contributed by atoms with Crippen LogP contribution in [0.15, 0.2) is 131 Å². The lowest BCUT2D eigenvalue weighted by molar-refractivity contribution is 0.0537. The summed E-state index contributed by atoms with van der Waals surface area (Å²) in [6.07, 6.45) is 6.27. The third kappa shape index (κ3) is 8.06. The average Bonchev–Trinajstić information content (AvgIpc) is 3.95. The summed E-state index contributed by atoms with van der Waals surface area (Å²) in [6, 6.07) is 31.1. The second-order valence-corrected chi connectivity index (χ2v) is 13.5. The second-order valence-electron chi connectivity index (χ2n) is 13.5. The molecule has 0 aliphatic carbocycles. The molecule has 0 radical (unpaired) electrons. The molecule has 4 aromatic heterocycles. The van der Waals surface area contributed by atoms with Crippen LogP contribution in [0.3, 0.4) is 0 Å². The molecule has 0 spiro atoms. The highest BCUT2D eigenvalue weighted by molar-refractivity contribution is 5.87. The van der Waals surface area contributed by atoms with Crippen LogP contribution in [-0.4, -0.2) is 60.4 Å². The number of H-pyrrole nitrogens is 1. The first-order chi connectivity index (χ1) is 25.6. The fourth-order valence-corrected chi connectivity index (χ4v) is 5.98. The summed E-state index contributed by atoms with van der Waals surface area (Å²) in [7, 11) is 0. The molecular formula is C39H38N10O4. The van der Waals surface area contributed by atoms with Gasteiger partial charge in [0, 0.05) is 12.4 Å². The lowest BCUT2D eigenvalue weighted by atomic mass is 10.1. The summed E-state index contributed by atoms with van der Waals surface area (Å²) in [5.74, 6) is 0. The monoisotopic (exact) mass is 710 g/mol. The number of para-hydroxylation sites is 4. The van der Waals surface area contributed by atoms with Gasteiger partial charge in [0.2, 0.25) is 0 Å². The molecule has 0 atom stereocenters. The number of hydrogen-bond acceptors (Lipinski definition) is 8. The van der Waals surface area contributed by atoms with Crippen molar-refractivity contribution < 1.29 is 9.53 Å². The summed E-state index contributed by atoms with van der Waals surface area (Å²) in [6.45, 7) is 7.53. The van der Waals surface area contributed by atoms with E-state index in [0.717, 1.165) is 37.9 Å². The summed E-state index contributed by atoms with van der Waals surface area (Å²) in [4.78, 5) is 40.8. The Balaban J connectivity index is 0.000000170. The summed E-state index contributed by atoms with van der Waals surface area (Å²) in [5, 5.41) is 15.5. The molecular weight excluding hydrogens is 672 g/mol. The van der Waals surface area contributed by atoms with Gasteiger partial charge in [-0.15, -0.1) is 10.2 Å². The fourth-order valence-electron chi connectivity index (χ4n) is 5.98. The molecule has 8 rings (SSSR count). The first kappa shape index (κ1) is 34.6. The molecule has 14 nitrogen and oxygen atoms in total. The fraction of sp³-hybridized carbons (Fsp3) is 0.205. The Labute approximate surface area is 303 Å². The summed E-state index contributed by atoms with van der Waals surface area (Å²) < 4.78 is 13.4. The van der Waals surface area contributed by atoms with Gasteiger partial charge in [-0.1, -0.05) is 83.2 Å². The molecule has 0 saturated carbocycles. The van der Waals surface area contributed by atoms with Crippen molar-refractivity contribution in [1.82, 2.24) is 48.7 Å². The zero-order valence-electron chi connectivity index (χ0n) is 29.5. The maximum Gasteiger partial charge on any atom is 0.423 e. The van der Waals surface area contributed by atoms with E-state index in [1.54, 1.807) is 70.0 Å². The topological polar surface area (TPSA) is 152 Å². The van der Waals surface area contributed by atoms with Crippen molar-refractivity contribution in [2.24, 2.45) is 0 Å². The van der Waals surface area contributed by atoms with Crippen LogP contribution >= 0.6 is 0 Å². The maximum atomic E-state index is 13.1. The van der Waals surface area contributed by atoms with Crippen molar-refractivity contribution in [3.8, 4) is 0 Å². The maximum absolute atomic E-state index is 13.1. The van der Waals surface area contributed by atoms with E-state index in [1.807, 2.05) is 79.0 Å². The molecule has 53 heavy (non-hydrogen) atoms. The number of nitrogens with zero attached hydrogens (tertiary/aromatic N) is 9. The summed E-state index contributed by atoms with van der Waals surface area (Å²) >= 11 is 0. The molecule has 0 saturated heterocycles. The van der Waals surface area contributed by atoms with Crippen LogP contribution in [0.5, 0.6) is 0 Å². The minimum atomic E-state index is -0.695. The van der Waals surface area contributed by atoms with E-state index in [1.165, 1.54) is 0 Å². The third-order valence-electron chi connectivity index (χ3n) is 8.45. The number of nitrogens with one attached hydrogen (secondary N) is 1. The number of carbonyl (C=O) groups excluding carboxylic acids is 1. The molecule has 14 heteroatoms. The van der Waals surface area contributed by atoms with E-state index in [4.69, 9.17) is 4.74 Å². The van der Waals surface area contributed by atoms with Gasteiger partial charge in [0.25, 0.3) is 0 Å². The molecule has 0 fully saturated rings. The van der Waals surface area contributed by atoms with Crippen LogP contribution < -0.4 is 11.4 Å². The Morgan fingerprint density at radius 1 is 0.623 bits per heavy atom. The van der Waals surface area contributed by atoms with E-state index in [9.17, 15) is 14.4 Å². The Kier molecular flexibility index (Phi) is 9.66. The first-order valence-corrected chi connectivity index (χ1v) is 17.1. The lowest BCUT2D eigenvalue weighted by Gasteiger charge is -2.19. The van der Waals surface area contributed by atoms with Crippen LogP contribution in [0.25, 0.3) is 22.1 Å². The van der Waals surface area contributed by atoms with Crippen LogP contribution in [-0.2, 0) is 30.9 Å². The smallest absolute Gasteiger partial charge is 0.423 e. The number of ether oxygens (including phenoxy) is 1. The predicted octanol–water partition coefficient (Wildman–Crippen LogP) is 5.29. The number of benzene rings is 4. The number of aromatic amines is 1. The minimum absolute atomic E-state index is 0.0853. The number of carbonyl (C=O) groups is 1. The molecule has 8 aromatic rings. The van der Waals surface area contributed by atoms with Crippen LogP contribution in [0.4, 0.5) is 4.79 Å². The minimum Gasteiger partial charge on any atom is -0.443 e. The van der Waals surface area contributed by atoms with E-state index >= 15 is 0 Å². The van der Waals surface area contributed by atoms with Gasteiger partial charge in [-0.25, -0.2) is 23.7 Å². The van der Waals surface area contributed by atoms with Gasteiger partial charge in [-0.2, -0.15) is 4.57 Å². The zero-order chi connectivity index (χ0) is 37.0. The predicted molar refractivity (Wildman–Crippen MR) is 200 cm³/mol. The van der Waals surface area contributed by atoms with E-state index in [2.05, 4.69) is 37.7 Å². The second kappa shape index (κ2) is 14.8. The highest BCUT2D eigenvalue weighted by Gasteiger charge is 2.24. The average molecular weight is 711 g/mol.